The van der Waals surface area contributed by atoms with Crippen LogP contribution in [0.5, 0.6) is 0 Å². The molecule has 0 bridgehead atoms. The molecular weight excluding hydrogens is 354 g/mol. The van der Waals surface area contributed by atoms with Crippen LogP contribution in [0.3, 0.4) is 0 Å². The molecule has 0 aliphatic carbocycles. The smallest absolute Gasteiger partial charge is 0.410 e. The van der Waals surface area contributed by atoms with Gasteiger partial charge in [-0.05, 0) is 78.8 Å². The van der Waals surface area contributed by atoms with Gasteiger partial charge in [-0.2, -0.15) is 0 Å². The van der Waals surface area contributed by atoms with Crippen molar-refractivity contribution in [1.29, 1.82) is 0 Å². The van der Waals surface area contributed by atoms with Crippen LogP contribution in [-0.4, -0.2) is 66.7 Å². The van der Waals surface area contributed by atoms with Crippen LogP contribution in [0.2, 0.25) is 0 Å². The Bertz CT molecular complexity index is 447. The number of piperidine rings is 3. The lowest BCUT2D eigenvalue weighted by Gasteiger charge is -2.36. The van der Waals surface area contributed by atoms with Crippen LogP contribution in [0.1, 0.15) is 79.6 Å². The normalized spacial score (nSPS) is 21.1. The summed E-state index contributed by atoms with van der Waals surface area (Å²) in [5.74, 6) is 0.375. The van der Waals surface area contributed by atoms with Gasteiger partial charge in [0, 0.05) is 32.1 Å². The highest BCUT2D eigenvalue weighted by Crippen LogP contribution is 2.23. The van der Waals surface area contributed by atoms with Gasteiger partial charge in [0.25, 0.3) is 0 Å². The van der Waals surface area contributed by atoms with Crippen molar-refractivity contribution in [2.45, 2.75) is 85.2 Å². The first-order valence-electron chi connectivity index (χ1n) is 10.8. The van der Waals surface area contributed by atoms with Crippen LogP contribution >= 0.6 is 0 Å². The SMILES string of the molecule is C.C1CCNCC1.CC(C)(C)OC(=O)N1CCC(C(=O)N2CCCCC2)CC1. The molecule has 6 nitrogen and oxygen atoms in total. The van der Waals surface area contributed by atoms with Crippen molar-refractivity contribution in [3.63, 3.8) is 0 Å². The average molecular weight is 398 g/mol. The van der Waals surface area contributed by atoms with E-state index in [2.05, 4.69) is 5.32 Å². The van der Waals surface area contributed by atoms with E-state index in [1.54, 1.807) is 4.90 Å². The summed E-state index contributed by atoms with van der Waals surface area (Å²) >= 11 is 0. The van der Waals surface area contributed by atoms with Crippen molar-refractivity contribution in [1.82, 2.24) is 15.1 Å². The van der Waals surface area contributed by atoms with Crippen LogP contribution in [0.4, 0.5) is 4.79 Å². The van der Waals surface area contributed by atoms with Crippen LogP contribution < -0.4 is 5.32 Å². The monoisotopic (exact) mass is 397 g/mol. The molecule has 0 saturated carbocycles. The highest BCUT2D eigenvalue weighted by Gasteiger charge is 2.32. The molecule has 3 aliphatic rings. The van der Waals surface area contributed by atoms with Gasteiger partial charge in [-0.1, -0.05) is 13.8 Å². The Labute approximate surface area is 172 Å². The van der Waals surface area contributed by atoms with Gasteiger partial charge in [-0.15, -0.1) is 0 Å². The molecule has 0 atom stereocenters. The number of ether oxygens (including phenoxy) is 1. The molecule has 0 unspecified atom stereocenters. The average Bonchev–Trinajstić information content (AvgIpc) is 2.69. The van der Waals surface area contributed by atoms with E-state index in [0.29, 0.717) is 19.0 Å². The van der Waals surface area contributed by atoms with Crippen molar-refractivity contribution in [2.24, 2.45) is 5.92 Å². The minimum atomic E-state index is -0.461. The maximum absolute atomic E-state index is 12.4. The standard InChI is InChI=1S/C16H28N2O3.C5H11N.CH4/c1-16(2,3)21-15(20)18-11-7-13(8-12-18)14(19)17-9-5-4-6-10-17;1-2-4-6-5-3-1;/h13H,4-12H2,1-3H3;6H,1-5H2;1H4. The molecule has 0 aromatic carbocycles. The molecular formula is C22H43N3O3. The van der Waals surface area contributed by atoms with Crippen molar-refractivity contribution < 1.29 is 14.3 Å². The fraction of sp³-hybridized carbons (Fsp3) is 0.909. The number of carbonyl (C=O) groups is 2. The van der Waals surface area contributed by atoms with Crippen molar-refractivity contribution in [3.8, 4) is 0 Å². The van der Waals surface area contributed by atoms with Crippen LogP contribution in [0.15, 0.2) is 0 Å². The molecule has 3 fully saturated rings. The van der Waals surface area contributed by atoms with E-state index in [0.717, 1.165) is 38.8 Å². The molecule has 3 heterocycles. The number of rotatable bonds is 1. The van der Waals surface area contributed by atoms with Crippen LogP contribution in [-0.2, 0) is 9.53 Å². The van der Waals surface area contributed by atoms with Crippen molar-refractivity contribution in [2.75, 3.05) is 39.3 Å². The minimum Gasteiger partial charge on any atom is -0.444 e. The Hall–Kier alpha value is -1.30. The van der Waals surface area contributed by atoms with Gasteiger partial charge in [0.05, 0.1) is 0 Å². The fourth-order valence-corrected chi connectivity index (χ4v) is 3.81. The largest absolute Gasteiger partial charge is 0.444 e. The molecule has 2 amide bonds. The van der Waals surface area contributed by atoms with Crippen molar-refractivity contribution in [3.05, 3.63) is 0 Å². The first-order valence-corrected chi connectivity index (χ1v) is 10.8. The lowest BCUT2D eigenvalue weighted by molar-refractivity contribution is -0.138. The number of likely N-dealkylation sites (tertiary alicyclic amines) is 2. The minimum absolute atomic E-state index is 0. The van der Waals surface area contributed by atoms with Crippen LogP contribution in [0, 0.1) is 5.92 Å². The first kappa shape index (κ1) is 24.7. The number of hydrogen-bond acceptors (Lipinski definition) is 4. The number of hydrogen-bond donors (Lipinski definition) is 1. The summed E-state index contributed by atoms with van der Waals surface area (Å²) in [7, 11) is 0. The van der Waals surface area contributed by atoms with E-state index in [4.69, 9.17) is 4.74 Å². The zero-order valence-electron chi connectivity index (χ0n) is 17.6. The molecule has 1 N–H and O–H groups in total. The highest BCUT2D eigenvalue weighted by molar-refractivity contribution is 5.79. The number of nitrogens with zero attached hydrogens (tertiary/aromatic N) is 2. The summed E-state index contributed by atoms with van der Waals surface area (Å²) in [6, 6.07) is 0. The third-order valence-corrected chi connectivity index (χ3v) is 5.37. The topological polar surface area (TPSA) is 61.9 Å². The van der Waals surface area contributed by atoms with Crippen LogP contribution in [0.25, 0.3) is 0 Å². The van der Waals surface area contributed by atoms with Gasteiger partial charge >= 0.3 is 6.09 Å². The molecule has 6 heteroatoms. The summed E-state index contributed by atoms with van der Waals surface area (Å²) in [6.45, 7) is 11.2. The van der Waals surface area contributed by atoms with E-state index in [1.165, 1.54) is 38.8 Å². The molecule has 0 aromatic heterocycles. The lowest BCUT2D eigenvalue weighted by Crippen LogP contribution is -2.46. The van der Waals surface area contributed by atoms with E-state index in [9.17, 15) is 9.59 Å². The molecule has 3 aliphatic heterocycles. The Balaban J connectivity index is 0.000000478. The lowest BCUT2D eigenvalue weighted by atomic mass is 9.94. The molecule has 0 aromatic rings. The maximum atomic E-state index is 12.4. The highest BCUT2D eigenvalue weighted by atomic mass is 16.6. The fourth-order valence-electron chi connectivity index (χ4n) is 3.81. The van der Waals surface area contributed by atoms with E-state index in [1.807, 2.05) is 25.7 Å². The maximum Gasteiger partial charge on any atom is 0.410 e. The van der Waals surface area contributed by atoms with Gasteiger partial charge in [-0.3, -0.25) is 4.79 Å². The van der Waals surface area contributed by atoms with Gasteiger partial charge in [0.2, 0.25) is 5.91 Å². The third kappa shape index (κ3) is 8.80. The number of nitrogens with one attached hydrogen (secondary N) is 1. The second-order valence-electron chi connectivity index (χ2n) is 8.94. The van der Waals surface area contributed by atoms with E-state index >= 15 is 0 Å². The first-order chi connectivity index (χ1) is 12.9. The summed E-state index contributed by atoms with van der Waals surface area (Å²) in [5.41, 5.74) is -0.461. The van der Waals surface area contributed by atoms with Gasteiger partial charge in [0.15, 0.2) is 0 Å². The Morgan fingerprint density at radius 2 is 1.36 bits per heavy atom. The zero-order chi connectivity index (χ0) is 19.7. The molecule has 164 valence electrons. The number of amides is 2. The summed E-state index contributed by atoms with van der Waals surface area (Å²) in [6.07, 6.45) is 8.97. The predicted molar refractivity (Wildman–Crippen MR) is 114 cm³/mol. The van der Waals surface area contributed by atoms with Gasteiger partial charge in [0.1, 0.15) is 5.60 Å². The Morgan fingerprint density at radius 3 is 1.79 bits per heavy atom. The second-order valence-corrected chi connectivity index (χ2v) is 8.94. The zero-order valence-corrected chi connectivity index (χ0v) is 17.6. The van der Waals surface area contributed by atoms with Crippen molar-refractivity contribution >= 4 is 12.0 Å². The summed E-state index contributed by atoms with van der Waals surface area (Å²) in [4.78, 5) is 28.2. The van der Waals surface area contributed by atoms with Gasteiger partial charge in [-0.25, -0.2) is 4.79 Å². The predicted octanol–water partition coefficient (Wildman–Crippen LogP) is 4.04. The Kier molecular flexibility index (Phi) is 10.9. The molecule has 0 radical (unpaired) electrons. The number of carbonyl (C=O) groups excluding carboxylic acids is 2. The molecule has 3 saturated heterocycles. The third-order valence-electron chi connectivity index (χ3n) is 5.37. The molecule has 28 heavy (non-hydrogen) atoms. The van der Waals surface area contributed by atoms with Gasteiger partial charge < -0.3 is 19.9 Å². The Morgan fingerprint density at radius 1 is 0.821 bits per heavy atom. The quantitative estimate of drug-likeness (QED) is 0.725. The molecule has 3 rings (SSSR count). The van der Waals surface area contributed by atoms with E-state index < -0.39 is 5.60 Å². The van der Waals surface area contributed by atoms with E-state index in [-0.39, 0.29) is 19.4 Å². The summed E-state index contributed by atoms with van der Waals surface area (Å²) in [5, 5.41) is 3.28. The molecule has 0 spiro atoms. The second kappa shape index (κ2) is 12.3. The summed E-state index contributed by atoms with van der Waals surface area (Å²) < 4.78 is 5.38.